The van der Waals surface area contributed by atoms with E-state index in [1.807, 2.05) is 49.4 Å². The highest BCUT2D eigenvalue weighted by Gasteiger charge is 2.16. The van der Waals surface area contributed by atoms with E-state index >= 15 is 0 Å². The van der Waals surface area contributed by atoms with Crippen molar-refractivity contribution in [2.24, 2.45) is 0 Å². The minimum Gasteiger partial charge on any atom is -0.315 e. The van der Waals surface area contributed by atoms with Gasteiger partial charge in [-0.2, -0.15) is 15.0 Å². The van der Waals surface area contributed by atoms with Crippen LogP contribution in [-0.4, -0.2) is 19.7 Å². The Kier molecular flexibility index (Phi) is 4.16. The first-order valence-electron chi connectivity index (χ1n) is 8.80. The first-order valence-corrected chi connectivity index (χ1v) is 10.00. The van der Waals surface area contributed by atoms with Gasteiger partial charge in [-0.3, -0.25) is 0 Å². The van der Waals surface area contributed by atoms with Crippen LogP contribution in [0.3, 0.4) is 0 Å². The van der Waals surface area contributed by atoms with Crippen molar-refractivity contribution in [1.29, 1.82) is 5.26 Å². The van der Waals surface area contributed by atoms with E-state index in [1.54, 1.807) is 10.7 Å². The first kappa shape index (κ1) is 17.6. The highest BCUT2D eigenvalue weighted by Crippen LogP contribution is 2.32. The van der Waals surface area contributed by atoms with E-state index in [-0.39, 0.29) is 0 Å². The smallest absolute Gasteiger partial charge is 0.189 e. The average Bonchev–Trinajstić information content (AvgIpc) is 3.31. The number of nitriles is 1. The molecule has 0 fully saturated rings. The van der Waals surface area contributed by atoms with E-state index in [0.717, 1.165) is 26.7 Å². The lowest BCUT2D eigenvalue weighted by atomic mass is 10.1. The fourth-order valence-corrected chi connectivity index (χ4v) is 4.36. The number of aryl methyl sites for hydroxylation is 1. The molecule has 0 saturated heterocycles. The maximum atomic E-state index is 9.56. The molecule has 0 saturated carbocycles. The fraction of sp³-hybridized carbons (Fsp3) is 0.0476. The second kappa shape index (κ2) is 6.85. The molecular weight excluding hydrogens is 404 g/mol. The van der Waals surface area contributed by atoms with Crippen LogP contribution < -0.4 is 5.32 Å². The minimum atomic E-state index is 0.412. The van der Waals surface area contributed by atoms with Crippen molar-refractivity contribution >= 4 is 55.0 Å². The SMILES string of the molecule is Cc1cc(-n2ncc(C#N)c2Nc2nc3ccc(Cl)cc3s2)nc2ccccc12. The van der Waals surface area contributed by atoms with Gasteiger partial charge >= 0.3 is 0 Å². The summed E-state index contributed by atoms with van der Waals surface area (Å²) >= 11 is 7.54. The number of rotatable bonds is 3. The number of thiazole rings is 1. The van der Waals surface area contributed by atoms with Gasteiger partial charge in [0.25, 0.3) is 0 Å². The number of benzene rings is 2. The van der Waals surface area contributed by atoms with Crippen molar-refractivity contribution in [3.8, 4) is 11.9 Å². The zero-order valence-corrected chi connectivity index (χ0v) is 16.8. The van der Waals surface area contributed by atoms with E-state index in [4.69, 9.17) is 16.6 Å². The Balaban J connectivity index is 1.62. The fourth-order valence-electron chi connectivity index (χ4n) is 3.22. The van der Waals surface area contributed by atoms with E-state index < -0.39 is 0 Å². The summed E-state index contributed by atoms with van der Waals surface area (Å²) in [4.78, 5) is 9.31. The Morgan fingerprint density at radius 2 is 1.97 bits per heavy atom. The van der Waals surface area contributed by atoms with Crippen molar-refractivity contribution in [2.75, 3.05) is 5.32 Å². The van der Waals surface area contributed by atoms with E-state index in [9.17, 15) is 5.26 Å². The summed E-state index contributed by atoms with van der Waals surface area (Å²) in [5.41, 5.74) is 3.21. The van der Waals surface area contributed by atoms with Gasteiger partial charge in [0.05, 0.1) is 21.9 Å². The maximum Gasteiger partial charge on any atom is 0.189 e. The molecule has 0 aliphatic heterocycles. The zero-order valence-electron chi connectivity index (χ0n) is 15.2. The summed E-state index contributed by atoms with van der Waals surface area (Å²) in [5, 5.41) is 19.6. The monoisotopic (exact) mass is 416 g/mol. The standard InChI is InChI=1S/C21H13ClN6S/c1-12-8-19(25-16-5-3-2-4-15(12)16)28-20(13(10-23)11-24-28)27-21-26-17-7-6-14(22)9-18(17)29-21/h2-9,11H,1H3,(H,26,27). The number of fused-ring (bicyclic) bond motifs is 2. The van der Waals surface area contributed by atoms with Crippen molar-refractivity contribution in [2.45, 2.75) is 6.92 Å². The molecule has 29 heavy (non-hydrogen) atoms. The van der Waals surface area contributed by atoms with Crippen molar-refractivity contribution in [3.63, 3.8) is 0 Å². The van der Waals surface area contributed by atoms with Crippen LogP contribution in [0.4, 0.5) is 10.9 Å². The number of aromatic nitrogens is 4. The topological polar surface area (TPSA) is 79.4 Å². The third kappa shape index (κ3) is 3.09. The van der Waals surface area contributed by atoms with Crippen LogP contribution in [0.1, 0.15) is 11.1 Å². The predicted octanol–water partition coefficient (Wildman–Crippen LogP) is 5.61. The van der Waals surface area contributed by atoms with Crippen LogP contribution >= 0.6 is 22.9 Å². The Hall–Kier alpha value is -3.47. The zero-order chi connectivity index (χ0) is 20.0. The minimum absolute atomic E-state index is 0.412. The van der Waals surface area contributed by atoms with Gasteiger partial charge in [-0.25, -0.2) is 9.97 Å². The maximum absolute atomic E-state index is 9.56. The molecule has 0 spiro atoms. The number of para-hydroxylation sites is 1. The summed E-state index contributed by atoms with van der Waals surface area (Å²) in [5.74, 6) is 1.16. The number of nitrogens with zero attached hydrogens (tertiary/aromatic N) is 5. The molecule has 140 valence electrons. The summed E-state index contributed by atoms with van der Waals surface area (Å²) in [6.45, 7) is 2.03. The van der Waals surface area contributed by atoms with Gasteiger partial charge in [0.2, 0.25) is 0 Å². The molecule has 0 radical (unpaired) electrons. The summed E-state index contributed by atoms with van der Waals surface area (Å²) in [7, 11) is 0. The largest absolute Gasteiger partial charge is 0.315 e. The van der Waals surface area contributed by atoms with Gasteiger partial charge in [0.1, 0.15) is 11.6 Å². The Morgan fingerprint density at radius 3 is 2.83 bits per heavy atom. The van der Waals surface area contributed by atoms with Gasteiger partial charge in [-0.05, 0) is 42.8 Å². The van der Waals surface area contributed by atoms with Crippen LogP contribution in [0.5, 0.6) is 0 Å². The number of halogens is 1. The van der Waals surface area contributed by atoms with Crippen LogP contribution in [0.25, 0.3) is 26.9 Å². The molecule has 0 aliphatic carbocycles. The highest BCUT2D eigenvalue weighted by molar-refractivity contribution is 7.22. The summed E-state index contributed by atoms with van der Waals surface area (Å²) in [6.07, 6.45) is 1.53. The van der Waals surface area contributed by atoms with Crippen LogP contribution in [0.15, 0.2) is 54.7 Å². The van der Waals surface area contributed by atoms with Crippen molar-refractivity contribution in [3.05, 3.63) is 70.9 Å². The summed E-state index contributed by atoms with van der Waals surface area (Å²) in [6, 6.07) is 17.6. The Labute approximate surface area is 175 Å². The molecule has 6 nitrogen and oxygen atoms in total. The van der Waals surface area contributed by atoms with Crippen molar-refractivity contribution < 1.29 is 0 Å². The predicted molar refractivity (Wildman–Crippen MR) is 116 cm³/mol. The van der Waals surface area contributed by atoms with Gasteiger partial charge in [0.15, 0.2) is 16.8 Å². The molecule has 8 heteroatoms. The molecule has 2 aromatic carbocycles. The quantitative estimate of drug-likeness (QED) is 0.413. The molecule has 3 aromatic heterocycles. The van der Waals surface area contributed by atoms with Crippen LogP contribution in [0, 0.1) is 18.3 Å². The number of nitrogens with one attached hydrogen (secondary N) is 1. The number of pyridine rings is 1. The third-order valence-electron chi connectivity index (χ3n) is 4.59. The molecule has 0 bridgehead atoms. The number of hydrogen-bond acceptors (Lipinski definition) is 6. The molecule has 1 N–H and O–H groups in total. The highest BCUT2D eigenvalue weighted by atomic mass is 35.5. The Bertz CT molecular complexity index is 1430. The number of anilines is 2. The molecule has 0 aliphatic rings. The van der Waals surface area contributed by atoms with Crippen LogP contribution in [-0.2, 0) is 0 Å². The molecule has 0 amide bonds. The lowest BCUT2D eigenvalue weighted by Gasteiger charge is -2.10. The van der Waals surface area contributed by atoms with Crippen LogP contribution in [0.2, 0.25) is 5.02 Å². The average molecular weight is 417 g/mol. The molecule has 0 unspecified atom stereocenters. The van der Waals surface area contributed by atoms with E-state index in [0.29, 0.717) is 27.4 Å². The van der Waals surface area contributed by atoms with Gasteiger partial charge in [-0.15, -0.1) is 0 Å². The Morgan fingerprint density at radius 1 is 1.10 bits per heavy atom. The van der Waals surface area contributed by atoms with Gasteiger partial charge in [0, 0.05) is 10.4 Å². The summed E-state index contributed by atoms with van der Waals surface area (Å²) < 4.78 is 2.60. The molecule has 0 atom stereocenters. The molecule has 5 rings (SSSR count). The van der Waals surface area contributed by atoms with Gasteiger partial charge < -0.3 is 5.32 Å². The second-order valence-corrected chi connectivity index (χ2v) is 7.97. The molecular formula is C21H13ClN6S. The lowest BCUT2D eigenvalue weighted by molar-refractivity contribution is 0.858. The number of hydrogen-bond donors (Lipinski definition) is 1. The molecule has 3 heterocycles. The normalized spacial score (nSPS) is 11.1. The first-order chi connectivity index (χ1) is 14.1. The third-order valence-corrected chi connectivity index (χ3v) is 5.76. The lowest BCUT2D eigenvalue weighted by Crippen LogP contribution is -2.06. The van der Waals surface area contributed by atoms with E-state index in [1.165, 1.54) is 17.5 Å². The van der Waals surface area contributed by atoms with Crippen molar-refractivity contribution in [1.82, 2.24) is 19.7 Å². The van der Waals surface area contributed by atoms with Gasteiger partial charge in [-0.1, -0.05) is 41.1 Å². The van der Waals surface area contributed by atoms with E-state index in [2.05, 4.69) is 21.5 Å². The molecule has 5 aromatic rings. The second-order valence-electron chi connectivity index (χ2n) is 6.50.